The maximum absolute atomic E-state index is 13.7. The minimum Gasteiger partial charge on any atom is -0.481 e. The standard InChI is InChI=1S/C11H13FN2O6S/c1-11(2,6-10(15)16)13-21(19,20)9-4-3-7(14(17)18)5-8(9)12/h3-5,13H,6H2,1-2H3,(H,15,16). The lowest BCUT2D eigenvalue weighted by molar-refractivity contribution is -0.385. The molecule has 0 saturated heterocycles. The zero-order valence-electron chi connectivity index (χ0n) is 11.2. The smallest absolute Gasteiger partial charge is 0.305 e. The number of nitro benzene ring substituents is 1. The van der Waals surface area contributed by atoms with Gasteiger partial charge in [0.15, 0.2) is 0 Å². The van der Waals surface area contributed by atoms with Gasteiger partial charge in [-0.2, -0.15) is 0 Å². The predicted molar refractivity (Wildman–Crippen MR) is 69.7 cm³/mol. The van der Waals surface area contributed by atoms with Gasteiger partial charge in [0.25, 0.3) is 5.69 Å². The highest BCUT2D eigenvalue weighted by Gasteiger charge is 2.30. The first-order valence-electron chi connectivity index (χ1n) is 5.64. The van der Waals surface area contributed by atoms with E-state index in [1.807, 2.05) is 0 Å². The average molecular weight is 320 g/mol. The van der Waals surface area contributed by atoms with E-state index in [0.29, 0.717) is 6.07 Å². The molecule has 0 heterocycles. The Kier molecular flexibility index (Phi) is 4.64. The van der Waals surface area contributed by atoms with Crippen molar-refractivity contribution in [1.82, 2.24) is 4.72 Å². The van der Waals surface area contributed by atoms with Crippen LogP contribution in [-0.4, -0.2) is 30.0 Å². The van der Waals surface area contributed by atoms with Gasteiger partial charge < -0.3 is 5.11 Å². The van der Waals surface area contributed by atoms with Gasteiger partial charge in [-0.1, -0.05) is 0 Å². The summed E-state index contributed by atoms with van der Waals surface area (Å²) in [5.41, 5.74) is -1.94. The number of rotatable bonds is 6. The van der Waals surface area contributed by atoms with Gasteiger partial charge in [-0.05, 0) is 19.9 Å². The van der Waals surface area contributed by atoms with Crippen LogP contribution in [0.2, 0.25) is 0 Å². The number of nitrogens with one attached hydrogen (secondary N) is 1. The van der Waals surface area contributed by atoms with Crippen molar-refractivity contribution in [2.75, 3.05) is 0 Å². The van der Waals surface area contributed by atoms with E-state index in [1.54, 1.807) is 0 Å². The van der Waals surface area contributed by atoms with Crippen LogP contribution in [0.3, 0.4) is 0 Å². The minimum atomic E-state index is -4.35. The highest BCUT2D eigenvalue weighted by molar-refractivity contribution is 7.89. The molecule has 2 N–H and O–H groups in total. The van der Waals surface area contributed by atoms with Gasteiger partial charge in [-0.25, -0.2) is 17.5 Å². The third-order valence-corrected chi connectivity index (χ3v) is 4.15. The molecule has 21 heavy (non-hydrogen) atoms. The normalized spacial score (nSPS) is 12.1. The zero-order valence-corrected chi connectivity index (χ0v) is 12.0. The van der Waals surface area contributed by atoms with Crippen LogP contribution in [-0.2, 0) is 14.8 Å². The Balaban J connectivity index is 3.14. The van der Waals surface area contributed by atoms with Crippen LogP contribution < -0.4 is 4.72 Å². The molecular weight excluding hydrogens is 307 g/mol. The van der Waals surface area contributed by atoms with Crippen LogP contribution in [0, 0.1) is 15.9 Å². The molecule has 0 atom stereocenters. The molecule has 0 aliphatic heterocycles. The zero-order chi connectivity index (χ0) is 16.4. The topological polar surface area (TPSA) is 127 Å². The van der Waals surface area contributed by atoms with E-state index in [2.05, 4.69) is 4.72 Å². The summed E-state index contributed by atoms with van der Waals surface area (Å²) in [4.78, 5) is 19.5. The van der Waals surface area contributed by atoms with Crippen molar-refractivity contribution >= 4 is 21.7 Å². The van der Waals surface area contributed by atoms with Crippen LogP contribution in [0.1, 0.15) is 20.3 Å². The van der Waals surface area contributed by atoms with Crippen molar-refractivity contribution in [2.45, 2.75) is 30.7 Å². The first-order chi connectivity index (χ1) is 9.44. The number of benzene rings is 1. The number of carboxylic acid groups (broad SMARTS) is 1. The summed E-state index contributed by atoms with van der Waals surface area (Å²) >= 11 is 0. The number of nitro groups is 1. The van der Waals surface area contributed by atoms with Crippen molar-refractivity contribution < 1.29 is 27.6 Å². The number of halogens is 1. The fourth-order valence-corrected chi connectivity index (χ4v) is 3.13. The lowest BCUT2D eigenvalue weighted by atomic mass is 10.0. The number of carboxylic acids is 1. The fourth-order valence-electron chi connectivity index (χ4n) is 1.65. The first kappa shape index (κ1) is 17.0. The van der Waals surface area contributed by atoms with E-state index >= 15 is 0 Å². The molecule has 8 nitrogen and oxygen atoms in total. The van der Waals surface area contributed by atoms with Gasteiger partial charge in [0, 0.05) is 11.6 Å². The second kappa shape index (κ2) is 5.74. The maximum Gasteiger partial charge on any atom is 0.305 e. The minimum absolute atomic E-state index is 0.485. The lowest BCUT2D eigenvalue weighted by Gasteiger charge is -2.23. The molecule has 116 valence electrons. The van der Waals surface area contributed by atoms with Crippen LogP contribution in [0.5, 0.6) is 0 Å². The maximum atomic E-state index is 13.7. The monoisotopic (exact) mass is 320 g/mol. The molecule has 0 aliphatic carbocycles. The van der Waals surface area contributed by atoms with Crippen molar-refractivity contribution in [1.29, 1.82) is 0 Å². The molecule has 1 aromatic rings. The molecule has 0 fully saturated rings. The third kappa shape index (κ3) is 4.46. The number of nitrogens with zero attached hydrogens (tertiary/aromatic N) is 1. The number of hydrogen-bond donors (Lipinski definition) is 2. The van der Waals surface area contributed by atoms with E-state index in [0.717, 1.165) is 12.1 Å². The van der Waals surface area contributed by atoms with Crippen molar-refractivity contribution in [2.24, 2.45) is 0 Å². The highest BCUT2D eigenvalue weighted by atomic mass is 32.2. The van der Waals surface area contributed by atoms with Gasteiger partial charge >= 0.3 is 5.97 Å². The molecule has 0 aromatic heterocycles. The number of sulfonamides is 1. The van der Waals surface area contributed by atoms with E-state index in [4.69, 9.17) is 5.11 Å². The number of carbonyl (C=O) groups is 1. The molecule has 0 bridgehead atoms. The summed E-state index contributed by atoms with van der Waals surface area (Å²) < 4.78 is 39.8. The second-order valence-corrected chi connectivity index (χ2v) is 6.58. The van der Waals surface area contributed by atoms with Gasteiger partial charge in [-0.3, -0.25) is 14.9 Å². The summed E-state index contributed by atoms with van der Waals surface area (Å²) in [6, 6.07) is 2.09. The van der Waals surface area contributed by atoms with Crippen molar-refractivity contribution in [3.8, 4) is 0 Å². The molecule has 10 heteroatoms. The molecule has 0 radical (unpaired) electrons. The molecule has 0 saturated carbocycles. The summed E-state index contributed by atoms with van der Waals surface area (Å²) in [5.74, 6) is -2.52. The lowest BCUT2D eigenvalue weighted by Crippen LogP contribution is -2.45. The van der Waals surface area contributed by atoms with Crippen molar-refractivity contribution in [3.63, 3.8) is 0 Å². The molecule has 0 aliphatic rings. The van der Waals surface area contributed by atoms with Gasteiger partial charge in [0.05, 0.1) is 17.4 Å². The Morgan fingerprint density at radius 2 is 2.05 bits per heavy atom. The summed E-state index contributed by atoms with van der Waals surface area (Å²) in [6.45, 7) is 2.64. The van der Waals surface area contributed by atoms with Crippen molar-refractivity contribution in [3.05, 3.63) is 34.1 Å². The Bertz CT molecular complexity index is 686. The van der Waals surface area contributed by atoms with E-state index < -0.39 is 49.3 Å². The van der Waals surface area contributed by atoms with Crippen LogP contribution in [0.25, 0.3) is 0 Å². The van der Waals surface area contributed by atoms with Gasteiger partial charge in [-0.15, -0.1) is 0 Å². The summed E-state index contributed by atoms with van der Waals surface area (Å²) in [5, 5.41) is 19.2. The molecule has 0 spiro atoms. The highest BCUT2D eigenvalue weighted by Crippen LogP contribution is 2.22. The number of non-ortho nitro benzene ring substituents is 1. The van der Waals surface area contributed by atoms with E-state index in [9.17, 15) is 27.7 Å². The van der Waals surface area contributed by atoms with Crippen LogP contribution >= 0.6 is 0 Å². The second-order valence-electron chi connectivity index (χ2n) is 4.93. The van der Waals surface area contributed by atoms with Gasteiger partial charge in [0.2, 0.25) is 10.0 Å². The summed E-state index contributed by atoms with van der Waals surface area (Å²) in [6.07, 6.45) is -0.513. The Labute approximate surface area is 119 Å². The average Bonchev–Trinajstić information content (AvgIpc) is 2.24. The molecule has 1 aromatic carbocycles. The Morgan fingerprint density at radius 3 is 2.48 bits per heavy atom. The first-order valence-corrected chi connectivity index (χ1v) is 7.13. The quantitative estimate of drug-likeness (QED) is 0.600. The number of aliphatic carboxylic acids is 1. The Hall–Kier alpha value is -2.07. The SMILES string of the molecule is CC(C)(CC(=O)O)NS(=O)(=O)c1ccc([N+](=O)[O-])cc1F. The van der Waals surface area contributed by atoms with Crippen LogP contribution in [0.4, 0.5) is 10.1 Å². The fraction of sp³-hybridized carbons (Fsp3) is 0.364. The van der Waals surface area contributed by atoms with Gasteiger partial charge in [0.1, 0.15) is 10.7 Å². The molecular formula is C11H13FN2O6S. The van der Waals surface area contributed by atoms with E-state index in [-0.39, 0.29) is 0 Å². The van der Waals surface area contributed by atoms with E-state index in [1.165, 1.54) is 13.8 Å². The molecule has 0 unspecified atom stereocenters. The predicted octanol–water partition coefficient (Wildman–Crippen LogP) is 1.27. The summed E-state index contributed by atoms with van der Waals surface area (Å²) in [7, 11) is -4.35. The largest absolute Gasteiger partial charge is 0.481 e. The number of hydrogen-bond acceptors (Lipinski definition) is 5. The Morgan fingerprint density at radius 1 is 1.48 bits per heavy atom. The van der Waals surface area contributed by atoms with Crippen LogP contribution in [0.15, 0.2) is 23.1 Å². The molecule has 1 rings (SSSR count). The molecule has 0 amide bonds. The third-order valence-electron chi connectivity index (χ3n) is 2.42.